The topological polar surface area (TPSA) is 46.2 Å². The number of rotatable bonds is 7. The molecule has 13 heavy (non-hydrogen) atoms. The summed E-state index contributed by atoms with van der Waals surface area (Å²) in [6.45, 7) is 6.99. The highest BCUT2D eigenvalue weighted by atomic mass is 32.2. The van der Waals surface area contributed by atoms with Crippen LogP contribution in [0.2, 0.25) is 0 Å². The third-order valence-corrected chi connectivity index (χ3v) is 4.03. The van der Waals surface area contributed by atoms with E-state index < -0.39 is 5.60 Å². The molecule has 2 nitrogen and oxygen atoms in total. The summed E-state index contributed by atoms with van der Waals surface area (Å²) in [5.41, 5.74) is 4.99. The van der Waals surface area contributed by atoms with Crippen LogP contribution < -0.4 is 5.73 Å². The Balaban J connectivity index is 3.71. The predicted octanol–water partition coefficient (Wildman–Crippen LogP) is 2.01. The molecule has 0 aliphatic carbocycles. The van der Waals surface area contributed by atoms with E-state index in [4.69, 9.17) is 5.73 Å². The summed E-state index contributed by atoms with van der Waals surface area (Å²) in [5, 5.41) is 10.6. The van der Waals surface area contributed by atoms with Gasteiger partial charge in [-0.2, -0.15) is 11.8 Å². The van der Waals surface area contributed by atoms with Gasteiger partial charge in [-0.25, -0.2) is 0 Å². The maximum atomic E-state index is 9.99. The molecule has 3 N–H and O–H groups in total. The number of hydrogen-bond acceptors (Lipinski definition) is 3. The van der Waals surface area contributed by atoms with E-state index in [0.29, 0.717) is 5.25 Å². The van der Waals surface area contributed by atoms with Gasteiger partial charge in [-0.15, -0.1) is 0 Å². The van der Waals surface area contributed by atoms with Crippen LogP contribution in [0.4, 0.5) is 0 Å². The zero-order valence-electron chi connectivity index (χ0n) is 9.05. The van der Waals surface area contributed by atoms with Crippen LogP contribution in [0.25, 0.3) is 0 Å². The molecule has 0 bridgehead atoms. The van der Waals surface area contributed by atoms with E-state index in [0.717, 1.165) is 31.6 Å². The van der Waals surface area contributed by atoms with Crippen molar-refractivity contribution in [1.82, 2.24) is 0 Å². The first-order valence-corrected chi connectivity index (χ1v) is 6.17. The zero-order chi connectivity index (χ0) is 10.3. The lowest BCUT2D eigenvalue weighted by atomic mass is 10.0. The minimum atomic E-state index is -0.465. The van der Waals surface area contributed by atoms with Crippen LogP contribution in [0.5, 0.6) is 0 Å². The van der Waals surface area contributed by atoms with Gasteiger partial charge < -0.3 is 10.8 Å². The molecule has 3 heteroatoms. The van der Waals surface area contributed by atoms with E-state index in [1.807, 2.05) is 25.6 Å². The van der Waals surface area contributed by atoms with Gasteiger partial charge in [-0.05, 0) is 25.8 Å². The van der Waals surface area contributed by atoms with Crippen LogP contribution in [-0.2, 0) is 0 Å². The van der Waals surface area contributed by atoms with Crippen LogP contribution >= 0.6 is 11.8 Å². The van der Waals surface area contributed by atoms with Crippen molar-refractivity contribution in [1.29, 1.82) is 0 Å². The van der Waals surface area contributed by atoms with Crippen LogP contribution in [0, 0.1) is 0 Å². The smallest absolute Gasteiger partial charge is 0.0732 e. The van der Waals surface area contributed by atoms with Crippen LogP contribution in [0.15, 0.2) is 0 Å². The summed E-state index contributed by atoms with van der Waals surface area (Å²) in [6.07, 6.45) is 2.71. The molecule has 0 rings (SSSR count). The summed E-state index contributed by atoms with van der Waals surface area (Å²) in [7, 11) is 0. The highest BCUT2D eigenvalue weighted by molar-refractivity contribution is 7.99. The Morgan fingerprint density at radius 2 is 1.92 bits per heavy atom. The van der Waals surface area contributed by atoms with Gasteiger partial charge in [-0.1, -0.05) is 20.8 Å². The average Bonchev–Trinajstić information content (AvgIpc) is 2.15. The molecular formula is C10H23NOS. The molecule has 0 saturated carbocycles. The Labute approximate surface area is 86.3 Å². The van der Waals surface area contributed by atoms with E-state index in [1.165, 1.54) is 0 Å². The van der Waals surface area contributed by atoms with Crippen LogP contribution in [-0.4, -0.2) is 28.3 Å². The fourth-order valence-corrected chi connectivity index (χ4v) is 2.38. The molecular weight excluding hydrogens is 182 g/mol. The second-order valence-corrected chi connectivity index (χ2v) is 5.06. The molecule has 0 aromatic carbocycles. The summed E-state index contributed by atoms with van der Waals surface area (Å²) >= 11 is 1.83. The molecule has 0 radical (unpaired) electrons. The fourth-order valence-electron chi connectivity index (χ4n) is 1.07. The van der Waals surface area contributed by atoms with Crippen molar-refractivity contribution >= 4 is 11.8 Å². The molecule has 0 saturated heterocycles. The molecule has 80 valence electrons. The van der Waals surface area contributed by atoms with Crippen molar-refractivity contribution in [2.45, 2.75) is 50.9 Å². The molecule has 0 fully saturated rings. The summed E-state index contributed by atoms with van der Waals surface area (Å²) in [5.74, 6) is 0.834. The minimum Gasteiger partial charge on any atom is -0.389 e. The Bertz CT molecular complexity index is 126. The zero-order valence-corrected chi connectivity index (χ0v) is 9.86. The van der Waals surface area contributed by atoms with Gasteiger partial charge in [0.15, 0.2) is 0 Å². The second-order valence-electron chi connectivity index (χ2n) is 3.63. The molecule has 0 heterocycles. The monoisotopic (exact) mass is 205 g/mol. The molecule has 1 atom stereocenters. The highest BCUT2D eigenvalue weighted by Gasteiger charge is 2.22. The number of hydrogen-bond donors (Lipinski definition) is 2. The lowest BCUT2D eigenvalue weighted by Crippen LogP contribution is -2.30. The first kappa shape index (κ1) is 13.3. The van der Waals surface area contributed by atoms with Gasteiger partial charge in [0.25, 0.3) is 0 Å². The lowest BCUT2D eigenvalue weighted by Gasteiger charge is -2.26. The fraction of sp³-hybridized carbons (Fsp3) is 1.00. The minimum absolute atomic E-state index is 0.465. The van der Waals surface area contributed by atoms with Gasteiger partial charge >= 0.3 is 0 Å². The maximum absolute atomic E-state index is 9.99. The van der Waals surface area contributed by atoms with Crippen LogP contribution in [0.3, 0.4) is 0 Å². The Hall–Kier alpha value is 0.270. The molecule has 0 spiro atoms. The highest BCUT2D eigenvalue weighted by Crippen LogP contribution is 2.24. The maximum Gasteiger partial charge on any atom is 0.0732 e. The van der Waals surface area contributed by atoms with Crippen molar-refractivity contribution in [3.05, 3.63) is 0 Å². The summed E-state index contributed by atoms with van der Waals surface area (Å²) in [6, 6.07) is 0. The molecule has 0 aromatic heterocycles. The van der Waals surface area contributed by atoms with E-state index in [9.17, 15) is 5.11 Å². The van der Waals surface area contributed by atoms with E-state index in [1.54, 1.807) is 0 Å². The molecule has 0 aromatic rings. The normalized spacial score (nSPS) is 14.5. The van der Waals surface area contributed by atoms with E-state index in [-0.39, 0.29) is 0 Å². The van der Waals surface area contributed by atoms with Gasteiger partial charge in [-0.3, -0.25) is 0 Å². The Morgan fingerprint density at radius 1 is 1.38 bits per heavy atom. The number of nitrogens with two attached hydrogens (primary N) is 1. The van der Waals surface area contributed by atoms with E-state index in [2.05, 4.69) is 6.92 Å². The molecule has 0 amide bonds. The first-order chi connectivity index (χ1) is 6.08. The molecule has 0 aliphatic rings. The van der Waals surface area contributed by atoms with Crippen molar-refractivity contribution < 1.29 is 5.11 Å². The number of thioether (sulfide) groups is 1. The number of aliphatic hydroxyl groups is 1. The van der Waals surface area contributed by atoms with Crippen LogP contribution in [0.1, 0.15) is 40.0 Å². The van der Waals surface area contributed by atoms with Crippen molar-refractivity contribution in [3.8, 4) is 0 Å². The SMILES string of the molecule is CCC(O)(CC)CSC(C)CCN. The third kappa shape index (κ3) is 5.55. The predicted molar refractivity (Wildman–Crippen MR) is 61.1 cm³/mol. The van der Waals surface area contributed by atoms with Crippen molar-refractivity contribution in [3.63, 3.8) is 0 Å². The third-order valence-electron chi connectivity index (χ3n) is 2.53. The average molecular weight is 205 g/mol. The molecule has 0 aliphatic heterocycles. The first-order valence-electron chi connectivity index (χ1n) is 5.12. The second kappa shape index (κ2) is 6.68. The van der Waals surface area contributed by atoms with Crippen molar-refractivity contribution in [2.75, 3.05) is 12.3 Å². The standard InChI is InChI=1S/C10H23NOS/c1-4-10(12,5-2)8-13-9(3)6-7-11/h9,12H,4-8,11H2,1-3H3. The van der Waals surface area contributed by atoms with Gasteiger partial charge in [0.1, 0.15) is 0 Å². The summed E-state index contributed by atoms with van der Waals surface area (Å²) < 4.78 is 0. The van der Waals surface area contributed by atoms with Gasteiger partial charge in [0.05, 0.1) is 5.60 Å². The lowest BCUT2D eigenvalue weighted by molar-refractivity contribution is 0.0571. The van der Waals surface area contributed by atoms with Gasteiger partial charge in [0.2, 0.25) is 0 Å². The van der Waals surface area contributed by atoms with E-state index >= 15 is 0 Å². The Kier molecular flexibility index (Phi) is 6.82. The quantitative estimate of drug-likeness (QED) is 0.668. The molecule has 1 unspecified atom stereocenters. The van der Waals surface area contributed by atoms with Crippen molar-refractivity contribution in [2.24, 2.45) is 5.73 Å². The Morgan fingerprint density at radius 3 is 2.31 bits per heavy atom. The van der Waals surface area contributed by atoms with Gasteiger partial charge in [0, 0.05) is 11.0 Å². The summed E-state index contributed by atoms with van der Waals surface area (Å²) in [4.78, 5) is 0. The largest absolute Gasteiger partial charge is 0.389 e.